The van der Waals surface area contributed by atoms with Crippen molar-refractivity contribution in [3.63, 3.8) is 0 Å². The summed E-state index contributed by atoms with van der Waals surface area (Å²) in [6, 6.07) is 12.2. The van der Waals surface area contributed by atoms with Crippen molar-refractivity contribution in [3.8, 4) is 17.1 Å². The van der Waals surface area contributed by atoms with Gasteiger partial charge in [-0.3, -0.25) is 0 Å². The van der Waals surface area contributed by atoms with E-state index in [0.717, 1.165) is 27.9 Å². The van der Waals surface area contributed by atoms with Gasteiger partial charge in [0.05, 0.1) is 12.2 Å². The molecule has 0 radical (unpaired) electrons. The lowest BCUT2D eigenvalue weighted by Crippen LogP contribution is -2.24. The predicted molar refractivity (Wildman–Crippen MR) is 105 cm³/mol. The summed E-state index contributed by atoms with van der Waals surface area (Å²) < 4.78 is 4.34. The second kappa shape index (κ2) is 6.88. The molecule has 2 aromatic carbocycles. The second-order valence-corrected chi connectivity index (χ2v) is 6.99. The molecule has 8 nitrogen and oxygen atoms in total. The zero-order chi connectivity index (χ0) is 19.8. The van der Waals surface area contributed by atoms with E-state index >= 15 is 0 Å². The largest absolute Gasteiger partial charge is 0.363 e. The quantitative estimate of drug-likeness (QED) is 0.546. The predicted octanol–water partition coefficient (Wildman–Crippen LogP) is 2.20. The molecule has 0 saturated carbocycles. The molecule has 0 fully saturated rings. The van der Waals surface area contributed by atoms with Gasteiger partial charge in [-0.05, 0) is 60.0 Å². The minimum atomic E-state index is -0.248. The molecule has 4 aromatic rings. The van der Waals surface area contributed by atoms with Gasteiger partial charge in [-0.25, -0.2) is 14.5 Å². The molecular formula is C20H21N7O. The van der Waals surface area contributed by atoms with Gasteiger partial charge in [0.25, 0.3) is 0 Å². The van der Waals surface area contributed by atoms with Crippen LogP contribution in [0.4, 0.5) is 0 Å². The summed E-state index contributed by atoms with van der Waals surface area (Å²) in [5.74, 6) is 0.632. The smallest absolute Gasteiger partial charge is 0.244 e. The number of aromatic nitrogens is 7. The van der Waals surface area contributed by atoms with E-state index in [2.05, 4.69) is 46.5 Å². The van der Waals surface area contributed by atoms with Crippen LogP contribution in [0, 0.1) is 20.8 Å². The van der Waals surface area contributed by atoms with E-state index in [0.29, 0.717) is 12.4 Å². The van der Waals surface area contributed by atoms with Crippen LogP contribution in [0.5, 0.6) is 0 Å². The first kappa shape index (κ1) is 17.8. The topological polar surface area (TPSA) is 83.4 Å². The Labute approximate surface area is 162 Å². The Morgan fingerprint density at radius 2 is 1.79 bits per heavy atom. The number of rotatable bonds is 4. The van der Waals surface area contributed by atoms with Crippen molar-refractivity contribution >= 4 is 0 Å². The molecule has 0 atom stereocenters. The van der Waals surface area contributed by atoms with Crippen LogP contribution in [0.25, 0.3) is 17.1 Å². The van der Waals surface area contributed by atoms with E-state index in [-0.39, 0.29) is 5.69 Å². The molecule has 8 heteroatoms. The van der Waals surface area contributed by atoms with Gasteiger partial charge in [0, 0.05) is 12.6 Å². The third-order valence-corrected chi connectivity index (χ3v) is 4.80. The minimum absolute atomic E-state index is 0.248. The van der Waals surface area contributed by atoms with Gasteiger partial charge in [-0.2, -0.15) is 9.36 Å². The molecule has 2 heterocycles. The van der Waals surface area contributed by atoms with Crippen LogP contribution in [0.1, 0.15) is 22.3 Å². The minimum Gasteiger partial charge on any atom is -0.244 e. The van der Waals surface area contributed by atoms with Gasteiger partial charge in [0.1, 0.15) is 6.33 Å². The molecule has 0 unspecified atom stereocenters. The molecule has 0 amide bonds. The Morgan fingerprint density at radius 3 is 2.50 bits per heavy atom. The maximum Gasteiger partial charge on any atom is 0.363 e. The summed E-state index contributed by atoms with van der Waals surface area (Å²) in [5.41, 5.74) is 6.04. The Bertz CT molecular complexity index is 1220. The van der Waals surface area contributed by atoms with Crippen LogP contribution < -0.4 is 5.69 Å². The van der Waals surface area contributed by atoms with Crippen molar-refractivity contribution in [1.82, 2.24) is 34.6 Å². The van der Waals surface area contributed by atoms with E-state index in [1.165, 1.54) is 14.9 Å². The first-order valence-corrected chi connectivity index (χ1v) is 8.98. The van der Waals surface area contributed by atoms with Gasteiger partial charge in [0.2, 0.25) is 0 Å². The van der Waals surface area contributed by atoms with Gasteiger partial charge in [-0.1, -0.05) is 29.8 Å². The van der Waals surface area contributed by atoms with E-state index in [4.69, 9.17) is 0 Å². The lowest BCUT2D eigenvalue weighted by atomic mass is 10.0. The molecule has 0 aliphatic heterocycles. The molecule has 0 spiro atoms. The van der Waals surface area contributed by atoms with Crippen LogP contribution in [-0.2, 0) is 13.6 Å². The van der Waals surface area contributed by atoms with Crippen molar-refractivity contribution in [2.75, 3.05) is 0 Å². The Hall–Kier alpha value is -3.55. The fraction of sp³-hybridized carbons (Fsp3) is 0.250. The van der Waals surface area contributed by atoms with Gasteiger partial charge in [0.15, 0.2) is 5.82 Å². The SMILES string of the molecule is Cc1ccc(-n2cnc(-c3ccc(C)c(Cn4nnn(C)c4=O)c3)n2)c(C)c1. The molecule has 0 aliphatic carbocycles. The highest BCUT2D eigenvalue weighted by atomic mass is 16.2. The number of nitrogens with zero attached hydrogens (tertiary/aromatic N) is 7. The summed E-state index contributed by atoms with van der Waals surface area (Å²) in [6.45, 7) is 6.48. The van der Waals surface area contributed by atoms with Crippen molar-refractivity contribution in [2.45, 2.75) is 27.3 Å². The number of tetrazole rings is 1. The van der Waals surface area contributed by atoms with E-state index in [9.17, 15) is 4.79 Å². The Balaban J connectivity index is 1.68. The second-order valence-electron chi connectivity index (χ2n) is 6.99. The van der Waals surface area contributed by atoms with Gasteiger partial charge < -0.3 is 0 Å². The molecule has 0 aliphatic rings. The molecular weight excluding hydrogens is 354 g/mol. The van der Waals surface area contributed by atoms with Crippen LogP contribution in [0.2, 0.25) is 0 Å². The van der Waals surface area contributed by atoms with Crippen LogP contribution in [0.15, 0.2) is 47.5 Å². The average Bonchev–Trinajstić information content (AvgIpc) is 3.26. The van der Waals surface area contributed by atoms with Crippen molar-refractivity contribution in [2.24, 2.45) is 7.05 Å². The van der Waals surface area contributed by atoms with E-state index in [1.807, 2.05) is 31.2 Å². The fourth-order valence-electron chi connectivity index (χ4n) is 3.17. The van der Waals surface area contributed by atoms with Crippen molar-refractivity contribution < 1.29 is 0 Å². The van der Waals surface area contributed by atoms with Crippen molar-refractivity contribution in [3.05, 3.63) is 75.5 Å². The van der Waals surface area contributed by atoms with Gasteiger partial charge in [-0.15, -0.1) is 5.10 Å². The van der Waals surface area contributed by atoms with Crippen LogP contribution in [0.3, 0.4) is 0 Å². The maximum atomic E-state index is 12.0. The maximum absolute atomic E-state index is 12.0. The molecule has 0 saturated heterocycles. The lowest BCUT2D eigenvalue weighted by Gasteiger charge is -2.07. The first-order chi connectivity index (χ1) is 13.4. The monoisotopic (exact) mass is 375 g/mol. The fourth-order valence-corrected chi connectivity index (χ4v) is 3.17. The lowest BCUT2D eigenvalue weighted by molar-refractivity contribution is 0.629. The molecule has 142 valence electrons. The summed E-state index contributed by atoms with van der Waals surface area (Å²) in [7, 11) is 1.58. The number of aryl methyl sites for hydroxylation is 4. The third-order valence-electron chi connectivity index (χ3n) is 4.80. The highest BCUT2D eigenvalue weighted by molar-refractivity contribution is 5.57. The first-order valence-electron chi connectivity index (χ1n) is 8.98. The summed E-state index contributed by atoms with van der Waals surface area (Å²) in [5, 5.41) is 12.3. The number of hydrogen-bond donors (Lipinski definition) is 0. The zero-order valence-electron chi connectivity index (χ0n) is 16.3. The highest BCUT2D eigenvalue weighted by Crippen LogP contribution is 2.21. The van der Waals surface area contributed by atoms with E-state index < -0.39 is 0 Å². The molecule has 0 bridgehead atoms. The summed E-state index contributed by atoms with van der Waals surface area (Å²) in [4.78, 5) is 16.5. The highest BCUT2D eigenvalue weighted by Gasteiger charge is 2.11. The molecule has 0 N–H and O–H groups in total. The molecule has 4 rings (SSSR count). The van der Waals surface area contributed by atoms with Crippen molar-refractivity contribution in [1.29, 1.82) is 0 Å². The molecule has 28 heavy (non-hydrogen) atoms. The van der Waals surface area contributed by atoms with Crippen LogP contribution in [-0.4, -0.2) is 34.6 Å². The normalized spacial score (nSPS) is 11.1. The summed E-state index contributed by atoms with van der Waals surface area (Å²) in [6.07, 6.45) is 1.72. The van der Waals surface area contributed by atoms with E-state index in [1.54, 1.807) is 18.1 Å². The third kappa shape index (κ3) is 3.24. The van der Waals surface area contributed by atoms with Crippen LogP contribution >= 0.6 is 0 Å². The van der Waals surface area contributed by atoms with Gasteiger partial charge >= 0.3 is 5.69 Å². The molecule has 2 aromatic heterocycles. The number of hydrogen-bond acceptors (Lipinski definition) is 5. The average molecular weight is 375 g/mol. The Kier molecular flexibility index (Phi) is 4.38. The zero-order valence-corrected chi connectivity index (χ0v) is 16.3. The standard InChI is InChI=1S/C20H21N7O/c1-13-5-8-18(15(3)9-13)27-12-21-19(22-27)16-7-6-14(2)17(10-16)11-26-20(28)25(4)23-24-26/h5-10,12H,11H2,1-4H3. The number of benzene rings is 2. The summed E-state index contributed by atoms with van der Waals surface area (Å²) >= 11 is 0. The Morgan fingerprint density at radius 1 is 0.964 bits per heavy atom.